The Morgan fingerprint density at radius 3 is 2.81 bits per heavy atom. The van der Waals surface area contributed by atoms with Gasteiger partial charge in [0.05, 0.1) is 5.52 Å². The van der Waals surface area contributed by atoms with E-state index in [4.69, 9.17) is 10.6 Å². The second-order valence-corrected chi connectivity index (χ2v) is 4.81. The fraction of sp³-hybridized carbons (Fsp3) is 0.400. The molecule has 0 aliphatic carbocycles. The van der Waals surface area contributed by atoms with E-state index in [0.29, 0.717) is 12.8 Å². The van der Waals surface area contributed by atoms with Crippen molar-refractivity contribution in [2.24, 2.45) is 5.84 Å². The molecule has 114 valence electrons. The summed E-state index contributed by atoms with van der Waals surface area (Å²) in [7, 11) is 0. The number of nitrogens with one attached hydrogen (secondary N) is 1. The third kappa shape index (κ3) is 4.70. The van der Waals surface area contributed by atoms with Crippen LogP contribution in [-0.2, 0) is 11.2 Å². The van der Waals surface area contributed by atoms with Crippen molar-refractivity contribution >= 4 is 10.9 Å². The molecule has 0 saturated carbocycles. The van der Waals surface area contributed by atoms with E-state index in [1.165, 1.54) is 0 Å². The number of halogens is 2. The molecule has 0 spiro atoms. The molecule has 6 heteroatoms. The van der Waals surface area contributed by atoms with Crippen LogP contribution >= 0.6 is 0 Å². The van der Waals surface area contributed by atoms with Crippen LogP contribution in [0.25, 0.3) is 10.9 Å². The number of pyridine rings is 1. The van der Waals surface area contributed by atoms with Crippen LogP contribution in [0.2, 0.25) is 0 Å². The van der Waals surface area contributed by atoms with Crippen molar-refractivity contribution in [3.63, 3.8) is 0 Å². The summed E-state index contributed by atoms with van der Waals surface area (Å²) in [5, 5.41) is 1.08. The number of hydrogen-bond acceptors (Lipinski definition) is 4. The number of ether oxygens (including phenoxy) is 1. The number of nitrogens with zero attached hydrogens (tertiary/aromatic N) is 1. The number of hydrogen-bond donors (Lipinski definition) is 2. The molecule has 0 radical (unpaired) electrons. The zero-order valence-electron chi connectivity index (χ0n) is 11.6. The maximum absolute atomic E-state index is 12.0. The molecule has 0 amide bonds. The van der Waals surface area contributed by atoms with Crippen LogP contribution in [-0.4, -0.2) is 30.7 Å². The molecule has 0 bridgehead atoms. The highest BCUT2D eigenvalue weighted by Gasteiger charge is 2.11. The van der Waals surface area contributed by atoms with Crippen molar-refractivity contribution in [2.45, 2.75) is 25.3 Å². The van der Waals surface area contributed by atoms with Crippen LogP contribution in [0.1, 0.15) is 12.0 Å². The Hall–Kier alpha value is -1.63. The lowest BCUT2D eigenvalue weighted by Crippen LogP contribution is -2.37. The quantitative estimate of drug-likeness (QED) is 0.445. The van der Waals surface area contributed by atoms with Crippen LogP contribution in [0, 0.1) is 0 Å². The van der Waals surface area contributed by atoms with Gasteiger partial charge in [-0.15, -0.1) is 0 Å². The zero-order chi connectivity index (χ0) is 15.1. The SMILES string of the molecule is NNC(CCOCC(F)F)Cc1ccnc2ccccc12. The number of alkyl halides is 2. The van der Waals surface area contributed by atoms with E-state index in [9.17, 15) is 8.78 Å². The highest BCUT2D eigenvalue weighted by atomic mass is 19.3. The third-order valence-corrected chi connectivity index (χ3v) is 3.30. The normalized spacial score (nSPS) is 13.0. The van der Waals surface area contributed by atoms with Crippen LogP contribution in [0.15, 0.2) is 36.5 Å². The third-order valence-electron chi connectivity index (χ3n) is 3.30. The van der Waals surface area contributed by atoms with Crippen LogP contribution < -0.4 is 11.3 Å². The first-order valence-corrected chi connectivity index (χ1v) is 6.85. The summed E-state index contributed by atoms with van der Waals surface area (Å²) >= 11 is 0. The van der Waals surface area contributed by atoms with Crippen molar-refractivity contribution in [3.8, 4) is 0 Å². The summed E-state index contributed by atoms with van der Waals surface area (Å²) in [6, 6.07) is 9.79. The maximum Gasteiger partial charge on any atom is 0.261 e. The number of nitrogens with two attached hydrogens (primary N) is 1. The molecule has 1 heterocycles. The predicted octanol–water partition coefficient (Wildman–Crippen LogP) is 2.28. The Morgan fingerprint density at radius 1 is 1.24 bits per heavy atom. The summed E-state index contributed by atoms with van der Waals surface area (Å²) in [5.74, 6) is 5.54. The number of hydrazine groups is 1. The molecule has 0 fully saturated rings. The van der Waals surface area contributed by atoms with Gasteiger partial charge in [-0.1, -0.05) is 18.2 Å². The van der Waals surface area contributed by atoms with Gasteiger partial charge in [0.15, 0.2) is 0 Å². The Kier molecular flexibility index (Phi) is 5.98. The molecule has 3 N–H and O–H groups in total. The van der Waals surface area contributed by atoms with Gasteiger partial charge < -0.3 is 4.74 Å². The number of benzene rings is 1. The van der Waals surface area contributed by atoms with Gasteiger partial charge in [0.25, 0.3) is 6.43 Å². The van der Waals surface area contributed by atoms with E-state index in [-0.39, 0.29) is 12.6 Å². The Bertz CT molecular complexity index is 560. The van der Waals surface area contributed by atoms with Crippen molar-refractivity contribution < 1.29 is 13.5 Å². The number of rotatable bonds is 8. The predicted molar refractivity (Wildman–Crippen MR) is 78.0 cm³/mol. The number of para-hydroxylation sites is 1. The van der Waals surface area contributed by atoms with Crippen molar-refractivity contribution in [1.82, 2.24) is 10.4 Å². The van der Waals surface area contributed by atoms with Crippen molar-refractivity contribution in [1.29, 1.82) is 0 Å². The van der Waals surface area contributed by atoms with E-state index in [0.717, 1.165) is 16.5 Å². The monoisotopic (exact) mass is 295 g/mol. The molecule has 0 aliphatic heterocycles. The van der Waals surface area contributed by atoms with Gasteiger partial charge in [-0.3, -0.25) is 16.3 Å². The number of fused-ring (bicyclic) bond motifs is 1. The minimum atomic E-state index is -2.43. The lowest BCUT2D eigenvalue weighted by Gasteiger charge is -2.17. The molecule has 0 saturated heterocycles. The molecule has 1 atom stereocenters. The first-order valence-electron chi connectivity index (χ1n) is 6.85. The van der Waals surface area contributed by atoms with E-state index in [1.54, 1.807) is 6.20 Å². The first kappa shape index (κ1) is 15.8. The van der Waals surface area contributed by atoms with Gasteiger partial charge in [-0.2, -0.15) is 0 Å². The smallest absolute Gasteiger partial charge is 0.261 e. The summed E-state index contributed by atoms with van der Waals surface area (Å²) in [6.45, 7) is -0.280. The lowest BCUT2D eigenvalue weighted by molar-refractivity contribution is 0.0144. The molecule has 1 aromatic heterocycles. The van der Waals surface area contributed by atoms with Crippen LogP contribution in [0.3, 0.4) is 0 Å². The zero-order valence-corrected chi connectivity index (χ0v) is 11.6. The fourth-order valence-electron chi connectivity index (χ4n) is 2.24. The molecular weight excluding hydrogens is 276 g/mol. The average molecular weight is 295 g/mol. The van der Waals surface area contributed by atoms with E-state index >= 15 is 0 Å². The highest BCUT2D eigenvalue weighted by Crippen LogP contribution is 2.18. The van der Waals surface area contributed by atoms with Gasteiger partial charge in [-0.05, 0) is 30.5 Å². The minimum absolute atomic E-state index is 0.0338. The summed E-state index contributed by atoms with van der Waals surface area (Å²) < 4.78 is 28.9. The standard InChI is InChI=1S/C15H19F2N3O/c16-15(17)10-21-8-6-12(20-18)9-11-5-7-19-14-4-2-1-3-13(11)14/h1-5,7,12,15,20H,6,8-10,18H2. The summed E-state index contributed by atoms with van der Waals surface area (Å²) in [5.41, 5.74) is 4.77. The van der Waals surface area contributed by atoms with E-state index in [1.807, 2.05) is 30.3 Å². The van der Waals surface area contributed by atoms with Gasteiger partial charge in [0.2, 0.25) is 0 Å². The average Bonchev–Trinajstić information content (AvgIpc) is 2.50. The molecule has 2 aromatic rings. The molecule has 2 rings (SSSR count). The van der Waals surface area contributed by atoms with Crippen molar-refractivity contribution in [3.05, 3.63) is 42.1 Å². The molecule has 4 nitrogen and oxygen atoms in total. The summed E-state index contributed by atoms with van der Waals surface area (Å²) in [6.07, 6.45) is 0.592. The van der Waals surface area contributed by atoms with E-state index < -0.39 is 13.0 Å². The minimum Gasteiger partial charge on any atom is -0.375 e. The Morgan fingerprint density at radius 2 is 2.05 bits per heavy atom. The van der Waals surface area contributed by atoms with E-state index in [2.05, 4.69) is 10.4 Å². The second kappa shape index (κ2) is 7.97. The van der Waals surface area contributed by atoms with Gasteiger partial charge >= 0.3 is 0 Å². The first-order chi connectivity index (χ1) is 10.2. The van der Waals surface area contributed by atoms with Crippen LogP contribution in [0.5, 0.6) is 0 Å². The Labute approximate surface area is 122 Å². The van der Waals surface area contributed by atoms with Crippen LogP contribution in [0.4, 0.5) is 8.78 Å². The number of aromatic nitrogens is 1. The maximum atomic E-state index is 12.0. The molecular formula is C15H19F2N3O. The highest BCUT2D eigenvalue weighted by molar-refractivity contribution is 5.81. The molecule has 1 aromatic carbocycles. The fourth-order valence-corrected chi connectivity index (χ4v) is 2.24. The van der Waals surface area contributed by atoms with Gasteiger partial charge in [0, 0.05) is 24.2 Å². The molecule has 0 aliphatic rings. The Balaban J connectivity index is 1.97. The lowest BCUT2D eigenvalue weighted by atomic mass is 10.0. The van der Waals surface area contributed by atoms with Gasteiger partial charge in [-0.25, -0.2) is 8.78 Å². The second-order valence-electron chi connectivity index (χ2n) is 4.81. The summed E-state index contributed by atoms with van der Waals surface area (Å²) in [4.78, 5) is 4.31. The molecule has 21 heavy (non-hydrogen) atoms. The largest absolute Gasteiger partial charge is 0.375 e. The van der Waals surface area contributed by atoms with Crippen molar-refractivity contribution in [2.75, 3.05) is 13.2 Å². The van der Waals surface area contributed by atoms with Gasteiger partial charge in [0.1, 0.15) is 6.61 Å². The molecule has 1 unspecified atom stereocenters. The topological polar surface area (TPSA) is 60.2 Å².